The highest BCUT2D eigenvalue weighted by Gasteiger charge is 2.24. The molecule has 0 N–H and O–H groups in total. The van der Waals surface area contributed by atoms with E-state index in [1.54, 1.807) is 0 Å². The fourth-order valence-electron chi connectivity index (χ4n) is 9.70. The van der Waals surface area contributed by atoms with E-state index >= 15 is 0 Å². The second-order valence-corrected chi connectivity index (χ2v) is 15.9. The lowest BCUT2D eigenvalue weighted by Gasteiger charge is -2.12. The molecule has 0 spiro atoms. The summed E-state index contributed by atoms with van der Waals surface area (Å²) in [6, 6.07) is 67.5. The monoisotopic (exact) mass is 714 g/mol. The van der Waals surface area contributed by atoms with Crippen molar-refractivity contribution in [1.82, 2.24) is 9.13 Å². The largest absolute Gasteiger partial charge is 0.309 e. The number of para-hydroxylation sites is 3. The Bertz CT molecular complexity index is 3540. The molecule has 254 valence electrons. The SMILES string of the molecule is c1ccc2c(c1)-c1cccc3c1c-2cc1sc2ccc(-c4ccc5c(c4)c4ccccc4n5-c4ccc(-n5c6ccccc6c6ccccc65)cc4)cc2c13. The fraction of sp³-hybridized carbons (Fsp3) is 0. The van der Waals surface area contributed by atoms with Gasteiger partial charge in [0.2, 0.25) is 0 Å². The Kier molecular flexibility index (Phi) is 5.80. The maximum Gasteiger partial charge on any atom is 0.0541 e. The lowest BCUT2D eigenvalue weighted by Crippen LogP contribution is -1.97. The van der Waals surface area contributed by atoms with Gasteiger partial charge in [0.1, 0.15) is 0 Å². The minimum atomic E-state index is 1.15. The molecule has 13 rings (SSSR count). The van der Waals surface area contributed by atoms with Crippen molar-refractivity contribution in [2.24, 2.45) is 0 Å². The summed E-state index contributed by atoms with van der Waals surface area (Å²) < 4.78 is 7.48. The number of hydrogen-bond donors (Lipinski definition) is 0. The van der Waals surface area contributed by atoms with Crippen molar-refractivity contribution in [3.63, 3.8) is 0 Å². The van der Waals surface area contributed by atoms with E-state index in [1.165, 1.54) is 108 Å². The Morgan fingerprint density at radius 1 is 0.291 bits per heavy atom. The van der Waals surface area contributed by atoms with Crippen LogP contribution in [-0.2, 0) is 0 Å². The molecule has 3 heteroatoms. The molecule has 12 aromatic rings. The second-order valence-electron chi connectivity index (χ2n) is 14.9. The molecule has 0 saturated carbocycles. The highest BCUT2D eigenvalue weighted by molar-refractivity contribution is 7.26. The van der Waals surface area contributed by atoms with Crippen LogP contribution in [-0.4, -0.2) is 9.13 Å². The summed E-state index contributed by atoms with van der Waals surface area (Å²) in [6.07, 6.45) is 0. The number of benzene rings is 9. The predicted octanol–water partition coefficient (Wildman–Crippen LogP) is 14.7. The third-order valence-corrected chi connectivity index (χ3v) is 13.2. The third kappa shape index (κ3) is 3.97. The fourth-order valence-corrected chi connectivity index (χ4v) is 10.8. The predicted molar refractivity (Wildman–Crippen MR) is 235 cm³/mol. The number of nitrogens with zero attached hydrogens (tertiary/aromatic N) is 2. The van der Waals surface area contributed by atoms with Gasteiger partial charge in [-0.2, -0.15) is 0 Å². The number of thiophene rings is 1. The first kappa shape index (κ1) is 29.5. The van der Waals surface area contributed by atoms with E-state index in [2.05, 4.69) is 191 Å². The molecular formula is C52H30N2S. The van der Waals surface area contributed by atoms with E-state index in [4.69, 9.17) is 0 Å². The zero-order valence-electron chi connectivity index (χ0n) is 29.6. The van der Waals surface area contributed by atoms with Crippen LogP contribution in [0.25, 0.3) is 119 Å². The lowest BCUT2D eigenvalue weighted by molar-refractivity contribution is 1.14. The first-order valence-corrected chi connectivity index (χ1v) is 19.7. The smallest absolute Gasteiger partial charge is 0.0541 e. The van der Waals surface area contributed by atoms with Gasteiger partial charge < -0.3 is 9.13 Å². The lowest BCUT2D eigenvalue weighted by atomic mass is 9.96. The minimum absolute atomic E-state index is 1.15. The molecular weight excluding hydrogens is 685 g/mol. The number of fused-ring (bicyclic) bond motifs is 13. The van der Waals surface area contributed by atoms with Gasteiger partial charge in [0, 0.05) is 53.1 Å². The van der Waals surface area contributed by atoms with Crippen LogP contribution in [0.1, 0.15) is 0 Å². The Labute approximate surface area is 320 Å². The second kappa shape index (κ2) is 10.8. The van der Waals surface area contributed by atoms with E-state index in [9.17, 15) is 0 Å². The van der Waals surface area contributed by atoms with Crippen molar-refractivity contribution < 1.29 is 0 Å². The zero-order chi connectivity index (χ0) is 35.8. The van der Waals surface area contributed by atoms with E-state index < -0.39 is 0 Å². The summed E-state index contributed by atoms with van der Waals surface area (Å²) in [5, 5.41) is 10.5. The van der Waals surface area contributed by atoms with Crippen molar-refractivity contribution in [2.45, 2.75) is 0 Å². The van der Waals surface area contributed by atoms with Crippen LogP contribution >= 0.6 is 11.3 Å². The molecule has 0 fully saturated rings. The van der Waals surface area contributed by atoms with Gasteiger partial charge in [0.05, 0.1) is 22.1 Å². The van der Waals surface area contributed by atoms with Crippen molar-refractivity contribution in [3.8, 4) is 44.8 Å². The number of aromatic nitrogens is 2. The molecule has 9 aromatic carbocycles. The van der Waals surface area contributed by atoms with Crippen LogP contribution in [0.15, 0.2) is 182 Å². The van der Waals surface area contributed by atoms with Gasteiger partial charge in [-0.3, -0.25) is 0 Å². The zero-order valence-corrected chi connectivity index (χ0v) is 30.4. The Hall–Kier alpha value is -6.94. The topological polar surface area (TPSA) is 9.86 Å². The first-order chi connectivity index (χ1) is 27.3. The molecule has 2 nitrogen and oxygen atoms in total. The van der Waals surface area contributed by atoms with E-state index in [1.807, 2.05) is 11.3 Å². The molecule has 0 atom stereocenters. The third-order valence-electron chi connectivity index (χ3n) is 12.1. The molecule has 1 aliphatic rings. The van der Waals surface area contributed by atoms with Crippen molar-refractivity contribution >= 4 is 85.9 Å². The quantitative estimate of drug-likeness (QED) is 0.172. The van der Waals surface area contributed by atoms with Crippen LogP contribution < -0.4 is 0 Å². The summed E-state index contributed by atoms with van der Waals surface area (Å²) in [4.78, 5) is 0. The van der Waals surface area contributed by atoms with Crippen LogP contribution in [0.3, 0.4) is 0 Å². The summed E-state index contributed by atoms with van der Waals surface area (Å²) in [5.74, 6) is 0. The number of rotatable bonds is 3. The average molecular weight is 715 g/mol. The van der Waals surface area contributed by atoms with Crippen LogP contribution in [0, 0.1) is 0 Å². The highest BCUT2D eigenvalue weighted by atomic mass is 32.1. The molecule has 0 radical (unpaired) electrons. The summed E-state index contributed by atoms with van der Waals surface area (Å²) >= 11 is 1.91. The summed E-state index contributed by atoms with van der Waals surface area (Å²) in [5.41, 5.74) is 15.1. The van der Waals surface area contributed by atoms with E-state index in [-0.39, 0.29) is 0 Å². The Morgan fingerprint density at radius 3 is 1.44 bits per heavy atom. The van der Waals surface area contributed by atoms with Crippen molar-refractivity contribution in [3.05, 3.63) is 182 Å². The van der Waals surface area contributed by atoms with E-state index in [0.29, 0.717) is 0 Å². The van der Waals surface area contributed by atoms with Gasteiger partial charge in [-0.15, -0.1) is 11.3 Å². The standard InChI is InChI=1S/C52H30N2S/c1-2-11-36-35(10-1)40-15-9-16-41-51(40)43(36)30-50-52(41)44-29-32(21-27-49(44)55-50)31-20-26-48-42(28-31)39-14-5-8-19-47(39)54(48)34-24-22-33(23-25-34)53-45-17-6-3-12-37(45)38-13-4-7-18-46(38)53/h1-30H. The Balaban J connectivity index is 0.957. The van der Waals surface area contributed by atoms with Gasteiger partial charge in [0.15, 0.2) is 0 Å². The maximum atomic E-state index is 2.44. The molecule has 1 aliphatic carbocycles. The Morgan fingerprint density at radius 2 is 0.782 bits per heavy atom. The van der Waals surface area contributed by atoms with Crippen LogP contribution in [0.5, 0.6) is 0 Å². The molecule has 0 aliphatic heterocycles. The summed E-state index contributed by atoms with van der Waals surface area (Å²) in [6.45, 7) is 0. The molecule has 0 saturated heterocycles. The first-order valence-electron chi connectivity index (χ1n) is 18.9. The van der Waals surface area contributed by atoms with Crippen molar-refractivity contribution in [1.29, 1.82) is 0 Å². The van der Waals surface area contributed by atoms with Gasteiger partial charge in [-0.1, -0.05) is 109 Å². The molecule has 0 amide bonds. The molecule has 55 heavy (non-hydrogen) atoms. The van der Waals surface area contributed by atoms with E-state index in [0.717, 1.165) is 11.4 Å². The average Bonchev–Trinajstić information content (AvgIpc) is 3.98. The van der Waals surface area contributed by atoms with Gasteiger partial charge >= 0.3 is 0 Å². The molecule has 3 heterocycles. The minimum Gasteiger partial charge on any atom is -0.309 e. The normalized spacial score (nSPS) is 12.4. The van der Waals surface area contributed by atoms with Gasteiger partial charge in [-0.25, -0.2) is 0 Å². The molecule has 0 unspecified atom stereocenters. The summed E-state index contributed by atoms with van der Waals surface area (Å²) in [7, 11) is 0. The van der Waals surface area contributed by atoms with Gasteiger partial charge in [-0.05, 0) is 117 Å². The highest BCUT2D eigenvalue weighted by Crippen LogP contribution is 2.52. The van der Waals surface area contributed by atoms with Crippen molar-refractivity contribution in [2.75, 3.05) is 0 Å². The van der Waals surface area contributed by atoms with Crippen LogP contribution in [0.2, 0.25) is 0 Å². The van der Waals surface area contributed by atoms with Gasteiger partial charge in [0.25, 0.3) is 0 Å². The number of hydrogen-bond acceptors (Lipinski definition) is 1. The maximum absolute atomic E-state index is 2.44. The molecule has 0 bridgehead atoms. The van der Waals surface area contributed by atoms with Crippen LogP contribution in [0.4, 0.5) is 0 Å². The molecule has 3 aromatic heterocycles.